The molecule has 0 radical (unpaired) electrons. The number of benzene rings is 1. The Hall–Kier alpha value is -1.88. The van der Waals surface area contributed by atoms with Gasteiger partial charge in [-0.1, -0.05) is 24.3 Å². The summed E-state index contributed by atoms with van der Waals surface area (Å²) in [5.74, 6) is 1.54. The van der Waals surface area contributed by atoms with Crippen molar-refractivity contribution in [2.45, 2.75) is 38.8 Å². The molecule has 2 aromatic rings. The van der Waals surface area contributed by atoms with Gasteiger partial charge in [-0.15, -0.1) is 11.3 Å². The van der Waals surface area contributed by atoms with E-state index in [0.29, 0.717) is 12.0 Å². The van der Waals surface area contributed by atoms with Gasteiger partial charge in [-0.05, 0) is 31.4 Å². The van der Waals surface area contributed by atoms with Gasteiger partial charge in [0, 0.05) is 31.4 Å². The number of nitrogens with zero attached hydrogens (tertiary/aromatic N) is 3. The molecule has 1 aliphatic carbocycles. The normalized spacial score (nSPS) is 20.4. The molecule has 122 valence electrons. The number of aromatic nitrogens is 1. The molecule has 3 rings (SSSR count). The van der Waals surface area contributed by atoms with Gasteiger partial charge >= 0.3 is 0 Å². The van der Waals surface area contributed by atoms with Gasteiger partial charge in [-0.3, -0.25) is 4.99 Å². The van der Waals surface area contributed by atoms with E-state index in [1.54, 1.807) is 11.3 Å². The van der Waals surface area contributed by atoms with E-state index in [1.165, 1.54) is 17.5 Å². The third kappa shape index (κ3) is 3.72. The number of hydrogen-bond donors (Lipinski definition) is 1. The van der Waals surface area contributed by atoms with E-state index >= 15 is 0 Å². The van der Waals surface area contributed by atoms with Gasteiger partial charge in [0.05, 0.1) is 17.2 Å². The highest BCUT2D eigenvalue weighted by molar-refractivity contribution is 7.09. The molecular formula is C18H24N4S. The van der Waals surface area contributed by atoms with Crippen molar-refractivity contribution < 1.29 is 0 Å². The average molecular weight is 328 g/mol. The lowest BCUT2D eigenvalue weighted by molar-refractivity contribution is 0.469. The zero-order chi connectivity index (χ0) is 16.4. The van der Waals surface area contributed by atoms with E-state index in [4.69, 9.17) is 0 Å². The minimum absolute atomic E-state index is 0.481. The summed E-state index contributed by atoms with van der Waals surface area (Å²) in [6, 6.07) is 9.15. The zero-order valence-corrected chi connectivity index (χ0v) is 15.0. The first-order chi connectivity index (χ1) is 11.1. The number of aliphatic imine (C=N–C) groups is 1. The van der Waals surface area contributed by atoms with Crippen LogP contribution in [0.25, 0.3) is 0 Å². The van der Waals surface area contributed by atoms with Crippen LogP contribution in [0.15, 0.2) is 34.6 Å². The van der Waals surface area contributed by atoms with Gasteiger partial charge in [-0.2, -0.15) is 0 Å². The summed E-state index contributed by atoms with van der Waals surface area (Å²) in [4.78, 5) is 11.1. The van der Waals surface area contributed by atoms with Crippen LogP contribution in [-0.2, 0) is 6.54 Å². The predicted octanol–water partition coefficient (Wildman–Crippen LogP) is 3.32. The van der Waals surface area contributed by atoms with E-state index < -0.39 is 0 Å². The van der Waals surface area contributed by atoms with Crippen LogP contribution in [0, 0.1) is 13.8 Å². The molecule has 1 N–H and O–H groups in total. The second-order valence-electron chi connectivity index (χ2n) is 6.21. The van der Waals surface area contributed by atoms with Crippen LogP contribution in [0.1, 0.15) is 34.2 Å². The second kappa shape index (κ2) is 6.71. The van der Waals surface area contributed by atoms with Crippen LogP contribution in [0.4, 0.5) is 0 Å². The molecule has 0 amide bonds. The number of thiazole rings is 1. The maximum Gasteiger partial charge on any atom is 0.193 e. The molecule has 1 aromatic carbocycles. The summed E-state index contributed by atoms with van der Waals surface area (Å²) >= 11 is 1.69. The first kappa shape index (κ1) is 16.0. The molecule has 5 heteroatoms. The third-order valence-corrected chi connectivity index (χ3v) is 5.15. The van der Waals surface area contributed by atoms with Crippen LogP contribution in [-0.4, -0.2) is 36.0 Å². The first-order valence-corrected chi connectivity index (χ1v) is 8.87. The van der Waals surface area contributed by atoms with Crippen molar-refractivity contribution in [2.75, 3.05) is 14.1 Å². The van der Waals surface area contributed by atoms with Crippen molar-refractivity contribution in [2.24, 2.45) is 4.99 Å². The lowest BCUT2D eigenvalue weighted by Crippen LogP contribution is -2.40. The Kier molecular flexibility index (Phi) is 4.66. The van der Waals surface area contributed by atoms with Gasteiger partial charge in [0.1, 0.15) is 0 Å². The summed E-state index contributed by atoms with van der Waals surface area (Å²) in [6.07, 6.45) is 1.17. The molecule has 0 bridgehead atoms. The maximum absolute atomic E-state index is 4.53. The van der Waals surface area contributed by atoms with Gasteiger partial charge in [-0.25, -0.2) is 4.98 Å². The predicted molar refractivity (Wildman–Crippen MR) is 97.1 cm³/mol. The molecule has 1 heterocycles. The lowest BCUT2D eigenvalue weighted by atomic mass is 10.0. The Morgan fingerprint density at radius 2 is 2.17 bits per heavy atom. The van der Waals surface area contributed by atoms with Crippen molar-refractivity contribution in [3.63, 3.8) is 0 Å². The summed E-state index contributed by atoms with van der Waals surface area (Å²) in [7, 11) is 3.91. The Balaban J connectivity index is 1.59. The van der Waals surface area contributed by atoms with Crippen LogP contribution >= 0.6 is 11.3 Å². The van der Waals surface area contributed by atoms with Gasteiger partial charge in [0.2, 0.25) is 0 Å². The zero-order valence-electron chi connectivity index (χ0n) is 14.2. The van der Waals surface area contributed by atoms with E-state index in [9.17, 15) is 0 Å². The fraction of sp³-hybridized carbons (Fsp3) is 0.444. The van der Waals surface area contributed by atoms with Crippen molar-refractivity contribution in [1.29, 1.82) is 0 Å². The van der Waals surface area contributed by atoms with Crippen LogP contribution < -0.4 is 5.32 Å². The van der Waals surface area contributed by atoms with E-state index in [0.717, 1.165) is 23.2 Å². The topological polar surface area (TPSA) is 40.5 Å². The van der Waals surface area contributed by atoms with Crippen LogP contribution in [0.2, 0.25) is 0 Å². The first-order valence-electron chi connectivity index (χ1n) is 7.99. The molecule has 4 nitrogen and oxygen atoms in total. The minimum Gasteiger partial charge on any atom is -0.353 e. The molecule has 0 spiro atoms. The van der Waals surface area contributed by atoms with Crippen molar-refractivity contribution in [1.82, 2.24) is 15.2 Å². The van der Waals surface area contributed by atoms with Crippen LogP contribution in [0.3, 0.4) is 0 Å². The Morgan fingerprint density at radius 3 is 2.83 bits per heavy atom. The Labute approximate surface area is 142 Å². The molecular weight excluding hydrogens is 304 g/mol. The highest BCUT2D eigenvalue weighted by Crippen LogP contribution is 2.42. The quantitative estimate of drug-likeness (QED) is 0.691. The number of aryl methyl sites for hydroxylation is 2. The van der Waals surface area contributed by atoms with Crippen LogP contribution in [0.5, 0.6) is 0 Å². The average Bonchev–Trinajstić information content (AvgIpc) is 3.18. The molecule has 2 atom stereocenters. The number of rotatable bonds is 4. The lowest BCUT2D eigenvalue weighted by Gasteiger charge is -2.21. The largest absolute Gasteiger partial charge is 0.353 e. The molecule has 2 unspecified atom stereocenters. The van der Waals surface area contributed by atoms with E-state index in [1.807, 2.05) is 14.0 Å². The molecule has 0 saturated heterocycles. The molecule has 0 aliphatic heterocycles. The second-order valence-corrected chi connectivity index (χ2v) is 7.27. The number of nitrogens with one attached hydrogen (secondary N) is 1. The SMILES string of the molecule is CN=C(NC1CC1c1ccccc1C)N(C)Cc1csc(C)n1. The van der Waals surface area contributed by atoms with Crippen molar-refractivity contribution in [3.8, 4) is 0 Å². The van der Waals surface area contributed by atoms with E-state index in [-0.39, 0.29) is 0 Å². The molecule has 1 fully saturated rings. The summed E-state index contributed by atoms with van der Waals surface area (Å²) in [5.41, 5.74) is 3.94. The summed E-state index contributed by atoms with van der Waals surface area (Å²) in [6.45, 7) is 5.01. The summed E-state index contributed by atoms with van der Waals surface area (Å²) in [5, 5.41) is 6.82. The smallest absolute Gasteiger partial charge is 0.193 e. The maximum atomic E-state index is 4.53. The molecule has 1 aliphatic rings. The highest BCUT2D eigenvalue weighted by atomic mass is 32.1. The third-order valence-electron chi connectivity index (χ3n) is 4.33. The van der Waals surface area contributed by atoms with Gasteiger partial charge < -0.3 is 10.2 Å². The standard InChI is InChI=1S/C18H24N4S/c1-12-7-5-6-8-15(12)16-9-17(16)21-18(19-3)22(4)10-14-11-23-13(2)20-14/h5-8,11,16-17H,9-10H2,1-4H3,(H,19,21). The minimum atomic E-state index is 0.481. The Bertz CT molecular complexity index is 707. The monoisotopic (exact) mass is 328 g/mol. The molecule has 23 heavy (non-hydrogen) atoms. The fourth-order valence-corrected chi connectivity index (χ4v) is 3.61. The number of guanidine groups is 1. The Morgan fingerprint density at radius 1 is 1.39 bits per heavy atom. The highest BCUT2D eigenvalue weighted by Gasteiger charge is 2.40. The van der Waals surface area contributed by atoms with Gasteiger partial charge in [0.15, 0.2) is 5.96 Å². The molecule has 1 saturated carbocycles. The van der Waals surface area contributed by atoms with Crippen molar-refractivity contribution in [3.05, 3.63) is 51.5 Å². The van der Waals surface area contributed by atoms with Crippen molar-refractivity contribution >= 4 is 17.3 Å². The summed E-state index contributed by atoms with van der Waals surface area (Å²) < 4.78 is 0. The van der Waals surface area contributed by atoms with E-state index in [2.05, 4.69) is 63.8 Å². The fourth-order valence-electron chi connectivity index (χ4n) is 3.01. The number of hydrogen-bond acceptors (Lipinski definition) is 3. The molecule has 1 aromatic heterocycles. The van der Waals surface area contributed by atoms with Gasteiger partial charge in [0.25, 0.3) is 0 Å².